The Morgan fingerprint density at radius 1 is 1.21 bits per heavy atom. The summed E-state index contributed by atoms with van der Waals surface area (Å²) >= 11 is 11.9. The van der Waals surface area contributed by atoms with Crippen LogP contribution in [0.15, 0.2) is 36.4 Å². The minimum Gasteiger partial charge on any atom is -0.452 e. The van der Waals surface area contributed by atoms with Gasteiger partial charge in [0.25, 0.3) is 0 Å². The lowest BCUT2D eigenvalue weighted by Gasteiger charge is -2.15. The van der Waals surface area contributed by atoms with Crippen LogP contribution in [0.3, 0.4) is 0 Å². The number of nitrogens with two attached hydrogens (primary N) is 1. The van der Waals surface area contributed by atoms with Gasteiger partial charge < -0.3 is 10.5 Å². The van der Waals surface area contributed by atoms with Crippen molar-refractivity contribution in [2.24, 2.45) is 5.73 Å². The molecule has 0 heterocycles. The Labute approximate surface area is 120 Å². The molecule has 2 aromatic rings. The average molecular weight is 300 g/mol. The highest BCUT2D eigenvalue weighted by Gasteiger charge is 2.15. The fourth-order valence-electron chi connectivity index (χ4n) is 1.66. The zero-order valence-corrected chi connectivity index (χ0v) is 11.7. The van der Waals surface area contributed by atoms with Gasteiger partial charge in [0.15, 0.2) is 11.6 Å². The Kier molecular flexibility index (Phi) is 4.30. The molecule has 0 unspecified atom stereocenters. The molecular weight excluding hydrogens is 288 g/mol. The standard InChI is InChI=1S/C14H12Cl2FNO/c1-8(18)10-3-2-4-12(17)14(10)19-13-7-9(15)5-6-11(13)16/h2-8H,18H2,1H3/t8-/m0/s1. The molecule has 2 N–H and O–H groups in total. The van der Waals surface area contributed by atoms with E-state index in [1.807, 2.05) is 0 Å². The lowest BCUT2D eigenvalue weighted by atomic mass is 10.1. The monoisotopic (exact) mass is 299 g/mol. The van der Waals surface area contributed by atoms with Crippen LogP contribution in [0.2, 0.25) is 10.0 Å². The summed E-state index contributed by atoms with van der Waals surface area (Å²) in [6, 6.07) is 8.99. The Morgan fingerprint density at radius 2 is 1.95 bits per heavy atom. The fraction of sp³-hybridized carbons (Fsp3) is 0.143. The van der Waals surface area contributed by atoms with E-state index in [1.165, 1.54) is 12.1 Å². The molecule has 19 heavy (non-hydrogen) atoms. The maximum atomic E-state index is 13.9. The first kappa shape index (κ1) is 14.1. The third-order valence-electron chi connectivity index (χ3n) is 2.59. The number of ether oxygens (including phenoxy) is 1. The molecule has 0 aliphatic rings. The van der Waals surface area contributed by atoms with Crippen molar-refractivity contribution in [2.45, 2.75) is 13.0 Å². The van der Waals surface area contributed by atoms with Crippen LogP contribution >= 0.6 is 23.2 Å². The lowest BCUT2D eigenvalue weighted by molar-refractivity contribution is 0.433. The van der Waals surface area contributed by atoms with E-state index in [4.69, 9.17) is 33.7 Å². The zero-order chi connectivity index (χ0) is 14.0. The van der Waals surface area contributed by atoms with E-state index >= 15 is 0 Å². The van der Waals surface area contributed by atoms with Gasteiger partial charge >= 0.3 is 0 Å². The third kappa shape index (κ3) is 3.18. The number of hydrogen-bond acceptors (Lipinski definition) is 2. The highest BCUT2D eigenvalue weighted by atomic mass is 35.5. The molecule has 0 saturated carbocycles. The Bertz CT molecular complexity index is 602. The smallest absolute Gasteiger partial charge is 0.167 e. The van der Waals surface area contributed by atoms with E-state index < -0.39 is 5.82 Å². The van der Waals surface area contributed by atoms with Crippen LogP contribution in [0.1, 0.15) is 18.5 Å². The van der Waals surface area contributed by atoms with Crippen molar-refractivity contribution in [3.63, 3.8) is 0 Å². The molecule has 0 amide bonds. The molecule has 100 valence electrons. The van der Waals surface area contributed by atoms with Gasteiger partial charge in [0.1, 0.15) is 5.75 Å². The van der Waals surface area contributed by atoms with Gasteiger partial charge in [-0.15, -0.1) is 0 Å². The van der Waals surface area contributed by atoms with Crippen LogP contribution < -0.4 is 10.5 Å². The second kappa shape index (κ2) is 5.78. The quantitative estimate of drug-likeness (QED) is 0.871. The summed E-state index contributed by atoms with van der Waals surface area (Å²) in [6.07, 6.45) is 0. The molecule has 0 saturated heterocycles. The van der Waals surface area contributed by atoms with Gasteiger partial charge in [-0.3, -0.25) is 0 Å². The van der Waals surface area contributed by atoms with E-state index in [2.05, 4.69) is 0 Å². The summed E-state index contributed by atoms with van der Waals surface area (Å²) in [5.74, 6) is -0.131. The van der Waals surface area contributed by atoms with Gasteiger partial charge in [-0.05, 0) is 25.1 Å². The van der Waals surface area contributed by atoms with Crippen molar-refractivity contribution in [3.8, 4) is 11.5 Å². The fourth-order valence-corrected chi connectivity index (χ4v) is 1.98. The highest BCUT2D eigenvalue weighted by molar-refractivity contribution is 6.34. The predicted octanol–water partition coefficient (Wildman–Crippen LogP) is 4.94. The van der Waals surface area contributed by atoms with Crippen LogP contribution in [0.5, 0.6) is 11.5 Å². The molecule has 2 aromatic carbocycles. The molecule has 2 rings (SSSR count). The van der Waals surface area contributed by atoms with Crippen molar-refractivity contribution < 1.29 is 9.13 Å². The number of para-hydroxylation sites is 1. The molecule has 0 aliphatic heterocycles. The van der Waals surface area contributed by atoms with Gasteiger partial charge in [0.05, 0.1) is 5.02 Å². The molecule has 0 spiro atoms. The SMILES string of the molecule is C[C@H](N)c1cccc(F)c1Oc1cc(Cl)ccc1Cl. The molecule has 0 aliphatic carbocycles. The van der Waals surface area contributed by atoms with Crippen LogP contribution in [-0.2, 0) is 0 Å². The maximum absolute atomic E-state index is 13.9. The molecule has 5 heteroatoms. The summed E-state index contributed by atoms with van der Waals surface area (Å²) in [5, 5.41) is 0.807. The van der Waals surface area contributed by atoms with Gasteiger partial charge in [0, 0.05) is 22.7 Å². The van der Waals surface area contributed by atoms with Gasteiger partial charge in [-0.25, -0.2) is 4.39 Å². The van der Waals surface area contributed by atoms with Crippen molar-refractivity contribution in [1.82, 2.24) is 0 Å². The van der Waals surface area contributed by atoms with Crippen molar-refractivity contribution in [3.05, 3.63) is 57.8 Å². The average Bonchev–Trinajstić information content (AvgIpc) is 2.35. The molecule has 1 atom stereocenters. The topological polar surface area (TPSA) is 35.2 Å². The highest BCUT2D eigenvalue weighted by Crippen LogP contribution is 2.36. The molecule has 0 bridgehead atoms. The zero-order valence-electron chi connectivity index (χ0n) is 10.2. The van der Waals surface area contributed by atoms with E-state index in [1.54, 1.807) is 31.2 Å². The predicted molar refractivity (Wildman–Crippen MR) is 75.5 cm³/mol. The summed E-state index contributed by atoms with van der Waals surface area (Å²) in [5.41, 5.74) is 6.37. The summed E-state index contributed by atoms with van der Waals surface area (Å²) < 4.78 is 19.4. The summed E-state index contributed by atoms with van der Waals surface area (Å²) in [6.45, 7) is 1.75. The van der Waals surface area contributed by atoms with Crippen molar-refractivity contribution in [2.75, 3.05) is 0 Å². The Balaban J connectivity index is 2.46. The van der Waals surface area contributed by atoms with E-state index in [0.717, 1.165) is 0 Å². The number of halogens is 3. The molecule has 0 fully saturated rings. The molecule has 2 nitrogen and oxygen atoms in total. The Morgan fingerprint density at radius 3 is 2.63 bits per heavy atom. The molecule has 0 radical (unpaired) electrons. The van der Waals surface area contributed by atoms with E-state index in [-0.39, 0.29) is 11.8 Å². The first-order valence-corrected chi connectivity index (χ1v) is 6.41. The largest absolute Gasteiger partial charge is 0.452 e. The van der Waals surface area contributed by atoms with Crippen LogP contribution in [-0.4, -0.2) is 0 Å². The maximum Gasteiger partial charge on any atom is 0.167 e. The second-order valence-corrected chi connectivity index (χ2v) is 4.97. The Hall–Kier alpha value is -1.29. The van der Waals surface area contributed by atoms with Crippen LogP contribution in [0.25, 0.3) is 0 Å². The molecule has 0 aromatic heterocycles. The number of benzene rings is 2. The first-order valence-electron chi connectivity index (χ1n) is 5.66. The lowest BCUT2D eigenvalue weighted by Crippen LogP contribution is -2.07. The number of rotatable bonds is 3. The van der Waals surface area contributed by atoms with Crippen molar-refractivity contribution in [1.29, 1.82) is 0 Å². The minimum atomic E-state index is -0.495. The van der Waals surface area contributed by atoms with Gasteiger partial charge in [-0.1, -0.05) is 35.3 Å². The summed E-state index contributed by atoms with van der Waals surface area (Å²) in [7, 11) is 0. The van der Waals surface area contributed by atoms with Crippen LogP contribution in [0, 0.1) is 5.82 Å². The minimum absolute atomic E-state index is 0.0710. The third-order valence-corrected chi connectivity index (χ3v) is 3.14. The van der Waals surface area contributed by atoms with E-state index in [9.17, 15) is 4.39 Å². The van der Waals surface area contributed by atoms with Crippen LogP contribution in [0.4, 0.5) is 4.39 Å². The first-order chi connectivity index (χ1) is 8.99. The van der Waals surface area contributed by atoms with E-state index in [0.29, 0.717) is 21.4 Å². The summed E-state index contributed by atoms with van der Waals surface area (Å²) in [4.78, 5) is 0. The van der Waals surface area contributed by atoms with Gasteiger partial charge in [0.2, 0.25) is 0 Å². The van der Waals surface area contributed by atoms with Crippen molar-refractivity contribution >= 4 is 23.2 Å². The normalized spacial score (nSPS) is 12.3. The number of hydrogen-bond donors (Lipinski definition) is 1. The molecular formula is C14H12Cl2FNO. The van der Waals surface area contributed by atoms with Gasteiger partial charge in [-0.2, -0.15) is 0 Å². The second-order valence-electron chi connectivity index (χ2n) is 4.12.